The minimum absolute atomic E-state index is 0.0699. The second kappa shape index (κ2) is 8.13. The molecular weight excluding hydrogens is 293 g/mol. The summed E-state index contributed by atoms with van der Waals surface area (Å²) in [6.07, 6.45) is 1.39. The monoisotopic (exact) mass is 313 g/mol. The predicted octanol–water partition coefficient (Wildman–Crippen LogP) is 1.98. The molecule has 0 radical (unpaired) electrons. The van der Waals surface area contributed by atoms with Gasteiger partial charge < -0.3 is 5.11 Å². The Bertz CT molecular complexity index is 626. The summed E-state index contributed by atoms with van der Waals surface area (Å²) in [4.78, 5) is -0.0727. The van der Waals surface area contributed by atoms with Crippen LogP contribution in [0.1, 0.15) is 32.3 Å². The molecule has 1 rings (SSSR count). The van der Waals surface area contributed by atoms with Gasteiger partial charge in [-0.05, 0) is 31.0 Å². The molecule has 0 saturated heterocycles. The third-order valence-electron chi connectivity index (χ3n) is 2.83. The van der Waals surface area contributed by atoms with Crippen molar-refractivity contribution in [1.82, 2.24) is 4.31 Å². The van der Waals surface area contributed by atoms with E-state index in [1.807, 2.05) is 13.8 Å². The highest BCUT2D eigenvalue weighted by atomic mass is 32.2. The molecule has 116 valence electrons. The van der Waals surface area contributed by atoms with Gasteiger partial charge in [0, 0.05) is 13.1 Å². The standard InChI is InChI=1S/C15H20FNO3S/c1-3-9-17(10-4-2)21(19,20)14-8-7-13(6-5-11-18)15(16)12-14/h7-8,12,18H,3-4,9-11H2,1-2H3. The largest absolute Gasteiger partial charge is 0.384 e. The van der Waals surface area contributed by atoms with Crippen molar-refractivity contribution < 1.29 is 17.9 Å². The summed E-state index contributed by atoms with van der Waals surface area (Å²) in [5, 5.41) is 8.59. The highest BCUT2D eigenvalue weighted by Gasteiger charge is 2.23. The number of nitrogens with zero attached hydrogens (tertiary/aromatic N) is 1. The van der Waals surface area contributed by atoms with Crippen molar-refractivity contribution in [3.8, 4) is 11.8 Å². The van der Waals surface area contributed by atoms with Gasteiger partial charge in [0.25, 0.3) is 0 Å². The van der Waals surface area contributed by atoms with Crippen molar-refractivity contribution in [1.29, 1.82) is 0 Å². The van der Waals surface area contributed by atoms with Crippen LogP contribution in [0, 0.1) is 17.7 Å². The van der Waals surface area contributed by atoms with E-state index in [9.17, 15) is 12.8 Å². The summed E-state index contributed by atoms with van der Waals surface area (Å²) in [6, 6.07) is 3.65. The Morgan fingerprint density at radius 2 is 1.86 bits per heavy atom. The SMILES string of the molecule is CCCN(CCC)S(=O)(=O)c1ccc(C#CCO)c(F)c1. The maximum atomic E-state index is 13.9. The average molecular weight is 313 g/mol. The number of aliphatic hydroxyl groups excluding tert-OH is 1. The Balaban J connectivity index is 3.16. The normalized spacial score (nSPS) is 11.3. The molecule has 0 atom stereocenters. The van der Waals surface area contributed by atoms with Gasteiger partial charge in [-0.1, -0.05) is 25.7 Å². The van der Waals surface area contributed by atoms with Gasteiger partial charge in [-0.15, -0.1) is 0 Å². The third-order valence-corrected chi connectivity index (χ3v) is 4.72. The summed E-state index contributed by atoms with van der Waals surface area (Å²) < 4.78 is 40.2. The molecule has 1 aromatic carbocycles. The molecule has 0 aliphatic carbocycles. The third kappa shape index (κ3) is 4.53. The fourth-order valence-electron chi connectivity index (χ4n) is 1.89. The Hall–Kier alpha value is -1.42. The van der Waals surface area contributed by atoms with E-state index < -0.39 is 15.8 Å². The van der Waals surface area contributed by atoms with Crippen LogP contribution in [0.2, 0.25) is 0 Å². The van der Waals surface area contributed by atoms with Gasteiger partial charge >= 0.3 is 0 Å². The first-order valence-corrected chi connectivity index (χ1v) is 8.30. The first-order valence-electron chi connectivity index (χ1n) is 6.86. The van der Waals surface area contributed by atoms with E-state index in [2.05, 4.69) is 11.8 Å². The van der Waals surface area contributed by atoms with E-state index in [0.717, 1.165) is 6.07 Å². The lowest BCUT2D eigenvalue weighted by Gasteiger charge is -2.21. The number of hydrogen-bond acceptors (Lipinski definition) is 3. The summed E-state index contributed by atoms with van der Waals surface area (Å²) in [5.74, 6) is 4.07. The minimum Gasteiger partial charge on any atom is -0.384 e. The van der Waals surface area contributed by atoms with Gasteiger partial charge in [-0.25, -0.2) is 12.8 Å². The number of rotatable bonds is 6. The quantitative estimate of drug-likeness (QED) is 0.817. The molecule has 1 N–H and O–H groups in total. The number of benzene rings is 1. The molecular formula is C15H20FNO3S. The highest BCUT2D eigenvalue weighted by Crippen LogP contribution is 2.19. The molecule has 0 unspecified atom stereocenters. The van der Waals surface area contributed by atoms with Crippen LogP contribution in [0.15, 0.2) is 23.1 Å². The molecule has 0 aliphatic rings. The molecule has 1 aromatic rings. The van der Waals surface area contributed by atoms with Crippen LogP contribution in [0.3, 0.4) is 0 Å². The molecule has 0 amide bonds. The topological polar surface area (TPSA) is 57.6 Å². The molecule has 0 saturated carbocycles. The van der Waals surface area contributed by atoms with Crippen LogP contribution >= 0.6 is 0 Å². The van der Waals surface area contributed by atoms with E-state index in [0.29, 0.717) is 25.9 Å². The van der Waals surface area contributed by atoms with E-state index in [-0.39, 0.29) is 17.1 Å². The number of hydrogen-bond donors (Lipinski definition) is 1. The highest BCUT2D eigenvalue weighted by molar-refractivity contribution is 7.89. The lowest BCUT2D eigenvalue weighted by molar-refractivity contribution is 0.350. The molecule has 0 heterocycles. The molecule has 6 heteroatoms. The molecule has 0 aliphatic heterocycles. The smallest absolute Gasteiger partial charge is 0.243 e. The Morgan fingerprint density at radius 3 is 2.33 bits per heavy atom. The summed E-state index contributed by atoms with van der Waals surface area (Å²) in [5.41, 5.74) is 0.0699. The second-order valence-electron chi connectivity index (χ2n) is 4.51. The Kier molecular flexibility index (Phi) is 6.82. The van der Waals surface area contributed by atoms with Crippen LogP contribution < -0.4 is 0 Å². The van der Waals surface area contributed by atoms with Gasteiger partial charge in [0.2, 0.25) is 10.0 Å². The molecule has 4 nitrogen and oxygen atoms in total. The van der Waals surface area contributed by atoms with Crippen LogP contribution in [0.25, 0.3) is 0 Å². The van der Waals surface area contributed by atoms with E-state index in [1.165, 1.54) is 16.4 Å². The maximum absolute atomic E-state index is 13.9. The van der Waals surface area contributed by atoms with Crippen molar-refractivity contribution in [2.45, 2.75) is 31.6 Å². The first-order chi connectivity index (χ1) is 9.97. The minimum atomic E-state index is -3.69. The summed E-state index contributed by atoms with van der Waals surface area (Å²) in [7, 11) is -3.69. The van der Waals surface area contributed by atoms with Gasteiger partial charge in [0.1, 0.15) is 12.4 Å². The first kappa shape index (κ1) is 17.6. The van der Waals surface area contributed by atoms with Gasteiger partial charge in [-0.2, -0.15) is 4.31 Å². The number of aliphatic hydroxyl groups is 1. The summed E-state index contributed by atoms with van der Waals surface area (Å²) >= 11 is 0. The zero-order valence-electron chi connectivity index (χ0n) is 12.3. The van der Waals surface area contributed by atoms with Crippen LogP contribution in [-0.2, 0) is 10.0 Å². The molecule has 0 spiro atoms. The fraction of sp³-hybridized carbons (Fsp3) is 0.467. The average Bonchev–Trinajstić information content (AvgIpc) is 2.45. The van der Waals surface area contributed by atoms with Crippen molar-refractivity contribution >= 4 is 10.0 Å². The fourth-order valence-corrected chi connectivity index (χ4v) is 3.53. The molecule has 0 fully saturated rings. The maximum Gasteiger partial charge on any atom is 0.243 e. The van der Waals surface area contributed by atoms with Crippen molar-refractivity contribution in [2.24, 2.45) is 0 Å². The van der Waals surface area contributed by atoms with E-state index in [4.69, 9.17) is 5.11 Å². The lowest BCUT2D eigenvalue weighted by atomic mass is 10.2. The van der Waals surface area contributed by atoms with Gasteiger partial charge in [0.15, 0.2) is 0 Å². The van der Waals surface area contributed by atoms with Crippen molar-refractivity contribution in [2.75, 3.05) is 19.7 Å². The zero-order chi connectivity index (χ0) is 15.9. The predicted molar refractivity (Wildman–Crippen MR) is 79.7 cm³/mol. The number of halogens is 1. The molecule has 0 bridgehead atoms. The van der Waals surface area contributed by atoms with Crippen molar-refractivity contribution in [3.05, 3.63) is 29.6 Å². The van der Waals surface area contributed by atoms with Gasteiger partial charge in [-0.3, -0.25) is 0 Å². The lowest BCUT2D eigenvalue weighted by Crippen LogP contribution is -2.32. The van der Waals surface area contributed by atoms with Crippen molar-refractivity contribution in [3.63, 3.8) is 0 Å². The Labute approximate surface area is 125 Å². The summed E-state index contributed by atoms with van der Waals surface area (Å²) in [6.45, 7) is 4.23. The van der Waals surface area contributed by atoms with Crippen LogP contribution in [0.5, 0.6) is 0 Å². The molecule has 0 aromatic heterocycles. The van der Waals surface area contributed by atoms with Crippen LogP contribution in [-0.4, -0.2) is 37.5 Å². The zero-order valence-corrected chi connectivity index (χ0v) is 13.1. The second-order valence-corrected chi connectivity index (χ2v) is 6.44. The Morgan fingerprint density at radius 1 is 1.24 bits per heavy atom. The molecule has 21 heavy (non-hydrogen) atoms. The van der Waals surface area contributed by atoms with E-state index >= 15 is 0 Å². The van der Waals surface area contributed by atoms with Crippen LogP contribution in [0.4, 0.5) is 4.39 Å². The van der Waals surface area contributed by atoms with E-state index in [1.54, 1.807) is 0 Å². The number of sulfonamides is 1. The van der Waals surface area contributed by atoms with Gasteiger partial charge in [0.05, 0.1) is 10.5 Å².